The molecule has 0 aliphatic rings. The van der Waals surface area contributed by atoms with Gasteiger partial charge in [-0.2, -0.15) is 0 Å². The van der Waals surface area contributed by atoms with Crippen molar-refractivity contribution in [3.05, 3.63) is 71.0 Å². The van der Waals surface area contributed by atoms with Crippen molar-refractivity contribution in [2.24, 2.45) is 5.73 Å². The molecule has 0 bridgehead atoms. The Bertz CT molecular complexity index is 603. The van der Waals surface area contributed by atoms with Crippen LogP contribution in [0.2, 0.25) is 0 Å². The summed E-state index contributed by atoms with van der Waals surface area (Å²) in [5.41, 5.74) is 5.98. The lowest BCUT2D eigenvalue weighted by atomic mass is 9.89. The van der Waals surface area contributed by atoms with Crippen LogP contribution in [0.25, 0.3) is 0 Å². The standard InChI is InChI=1S/C15H14F3NO/c16-12-4-2-1-3-10(12)11(8-19)15(20)9-5-6-13(17)14(18)7-9/h1-7,11,15,20H,8,19H2. The normalized spacial score (nSPS) is 14.1. The number of nitrogens with two attached hydrogens (primary N) is 1. The number of benzene rings is 2. The molecule has 0 spiro atoms. The molecule has 2 unspecified atom stereocenters. The summed E-state index contributed by atoms with van der Waals surface area (Å²) in [6.07, 6.45) is -1.22. The first kappa shape index (κ1) is 14.6. The molecule has 3 N–H and O–H groups in total. The van der Waals surface area contributed by atoms with Crippen molar-refractivity contribution in [3.63, 3.8) is 0 Å². The van der Waals surface area contributed by atoms with Gasteiger partial charge in [0.15, 0.2) is 11.6 Å². The van der Waals surface area contributed by atoms with Crippen LogP contribution in [0.1, 0.15) is 23.1 Å². The number of hydrogen-bond acceptors (Lipinski definition) is 2. The van der Waals surface area contributed by atoms with Crippen molar-refractivity contribution in [2.75, 3.05) is 6.54 Å². The zero-order chi connectivity index (χ0) is 14.7. The first-order chi connectivity index (χ1) is 9.54. The van der Waals surface area contributed by atoms with E-state index in [-0.39, 0.29) is 17.7 Å². The van der Waals surface area contributed by atoms with Crippen molar-refractivity contribution in [2.45, 2.75) is 12.0 Å². The highest BCUT2D eigenvalue weighted by Crippen LogP contribution is 2.32. The van der Waals surface area contributed by atoms with Crippen LogP contribution < -0.4 is 5.73 Å². The highest BCUT2D eigenvalue weighted by molar-refractivity contribution is 5.28. The molecule has 0 fully saturated rings. The molecule has 2 aromatic carbocycles. The minimum atomic E-state index is -1.22. The molecular formula is C15H14F3NO. The molecule has 2 nitrogen and oxygen atoms in total. The number of aliphatic hydroxyl groups excluding tert-OH is 1. The predicted octanol–water partition coefficient (Wildman–Crippen LogP) is 2.88. The molecule has 5 heteroatoms. The maximum absolute atomic E-state index is 13.7. The van der Waals surface area contributed by atoms with Gasteiger partial charge in [0.2, 0.25) is 0 Å². The van der Waals surface area contributed by atoms with Crippen molar-refractivity contribution in [3.8, 4) is 0 Å². The molecule has 20 heavy (non-hydrogen) atoms. The average molecular weight is 281 g/mol. The topological polar surface area (TPSA) is 46.2 Å². The van der Waals surface area contributed by atoms with Gasteiger partial charge < -0.3 is 10.8 Å². The number of halogens is 3. The summed E-state index contributed by atoms with van der Waals surface area (Å²) < 4.78 is 39.8. The zero-order valence-corrected chi connectivity index (χ0v) is 10.6. The first-order valence-electron chi connectivity index (χ1n) is 6.12. The molecule has 106 valence electrons. The van der Waals surface area contributed by atoms with E-state index in [2.05, 4.69) is 0 Å². The van der Waals surface area contributed by atoms with Crippen LogP contribution >= 0.6 is 0 Å². The molecule has 0 saturated heterocycles. The van der Waals surface area contributed by atoms with Gasteiger partial charge in [0.1, 0.15) is 5.82 Å². The summed E-state index contributed by atoms with van der Waals surface area (Å²) in [5.74, 6) is -3.30. The largest absolute Gasteiger partial charge is 0.388 e. The van der Waals surface area contributed by atoms with Crippen LogP contribution in [0.4, 0.5) is 13.2 Å². The lowest BCUT2D eigenvalue weighted by Gasteiger charge is -2.22. The van der Waals surface area contributed by atoms with E-state index >= 15 is 0 Å². The molecule has 2 aromatic rings. The van der Waals surface area contributed by atoms with Gasteiger partial charge in [0, 0.05) is 12.5 Å². The van der Waals surface area contributed by atoms with Gasteiger partial charge in [0.05, 0.1) is 6.10 Å². The maximum Gasteiger partial charge on any atom is 0.159 e. The minimum Gasteiger partial charge on any atom is -0.388 e. The molecule has 0 radical (unpaired) electrons. The molecule has 0 aliphatic heterocycles. The molecule has 0 aromatic heterocycles. The van der Waals surface area contributed by atoms with E-state index < -0.39 is 29.5 Å². The highest BCUT2D eigenvalue weighted by atomic mass is 19.2. The van der Waals surface area contributed by atoms with Crippen LogP contribution in [-0.4, -0.2) is 11.7 Å². The monoisotopic (exact) mass is 281 g/mol. The summed E-state index contributed by atoms with van der Waals surface area (Å²) in [6.45, 7) is -0.0267. The molecule has 2 atom stereocenters. The maximum atomic E-state index is 13.7. The third-order valence-electron chi connectivity index (χ3n) is 3.22. The van der Waals surface area contributed by atoms with Gasteiger partial charge in [-0.25, -0.2) is 13.2 Å². The summed E-state index contributed by atoms with van der Waals surface area (Å²) in [7, 11) is 0. The molecule has 2 rings (SSSR count). The van der Waals surface area contributed by atoms with E-state index in [4.69, 9.17) is 5.73 Å². The fraction of sp³-hybridized carbons (Fsp3) is 0.200. The minimum absolute atomic E-state index is 0.0267. The number of rotatable bonds is 4. The molecule has 0 saturated carbocycles. The van der Waals surface area contributed by atoms with Crippen LogP contribution in [0.3, 0.4) is 0 Å². The van der Waals surface area contributed by atoms with Crippen molar-refractivity contribution in [1.82, 2.24) is 0 Å². The van der Waals surface area contributed by atoms with Gasteiger partial charge in [-0.05, 0) is 29.3 Å². The summed E-state index contributed by atoms with van der Waals surface area (Å²) in [6, 6.07) is 8.99. The summed E-state index contributed by atoms with van der Waals surface area (Å²) in [4.78, 5) is 0. The van der Waals surface area contributed by atoms with Crippen molar-refractivity contribution >= 4 is 0 Å². The smallest absolute Gasteiger partial charge is 0.159 e. The third kappa shape index (κ3) is 2.84. The van der Waals surface area contributed by atoms with E-state index in [1.165, 1.54) is 24.3 Å². The Morgan fingerprint density at radius 3 is 2.25 bits per heavy atom. The van der Waals surface area contributed by atoms with E-state index in [0.717, 1.165) is 12.1 Å². The van der Waals surface area contributed by atoms with Crippen LogP contribution in [0.5, 0.6) is 0 Å². The molecule has 0 heterocycles. The van der Waals surface area contributed by atoms with Crippen LogP contribution in [0.15, 0.2) is 42.5 Å². The Labute approximate surface area is 114 Å². The lowest BCUT2D eigenvalue weighted by Crippen LogP contribution is -2.21. The molecule has 0 aliphatic carbocycles. The van der Waals surface area contributed by atoms with Gasteiger partial charge >= 0.3 is 0 Å². The van der Waals surface area contributed by atoms with E-state index in [9.17, 15) is 18.3 Å². The van der Waals surface area contributed by atoms with Crippen LogP contribution in [-0.2, 0) is 0 Å². The molecule has 0 amide bonds. The van der Waals surface area contributed by atoms with E-state index in [1.807, 2.05) is 0 Å². The highest BCUT2D eigenvalue weighted by Gasteiger charge is 2.24. The Kier molecular flexibility index (Phi) is 4.42. The lowest BCUT2D eigenvalue weighted by molar-refractivity contribution is 0.145. The Hall–Kier alpha value is -1.85. The quantitative estimate of drug-likeness (QED) is 0.905. The van der Waals surface area contributed by atoms with Crippen LogP contribution in [0, 0.1) is 17.5 Å². The van der Waals surface area contributed by atoms with Crippen molar-refractivity contribution < 1.29 is 18.3 Å². The second kappa shape index (κ2) is 6.07. The fourth-order valence-corrected chi connectivity index (χ4v) is 2.13. The number of hydrogen-bond donors (Lipinski definition) is 2. The second-order valence-corrected chi connectivity index (χ2v) is 4.48. The van der Waals surface area contributed by atoms with Gasteiger partial charge in [-0.3, -0.25) is 0 Å². The third-order valence-corrected chi connectivity index (χ3v) is 3.22. The Morgan fingerprint density at radius 2 is 1.65 bits per heavy atom. The Balaban J connectivity index is 2.36. The van der Waals surface area contributed by atoms with Gasteiger partial charge in [0.25, 0.3) is 0 Å². The second-order valence-electron chi connectivity index (χ2n) is 4.48. The summed E-state index contributed by atoms with van der Waals surface area (Å²) in [5, 5.41) is 10.2. The Morgan fingerprint density at radius 1 is 0.950 bits per heavy atom. The predicted molar refractivity (Wildman–Crippen MR) is 69.5 cm³/mol. The van der Waals surface area contributed by atoms with E-state index in [0.29, 0.717) is 0 Å². The fourth-order valence-electron chi connectivity index (χ4n) is 2.13. The average Bonchev–Trinajstić information content (AvgIpc) is 2.44. The van der Waals surface area contributed by atoms with Gasteiger partial charge in [-0.1, -0.05) is 24.3 Å². The molecular weight excluding hydrogens is 267 g/mol. The number of aliphatic hydroxyl groups is 1. The van der Waals surface area contributed by atoms with Crippen molar-refractivity contribution in [1.29, 1.82) is 0 Å². The summed E-state index contributed by atoms with van der Waals surface area (Å²) >= 11 is 0. The van der Waals surface area contributed by atoms with E-state index in [1.54, 1.807) is 6.07 Å². The first-order valence-corrected chi connectivity index (χ1v) is 6.12. The zero-order valence-electron chi connectivity index (χ0n) is 10.6. The SMILES string of the molecule is NCC(c1ccccc1F)C(O)c1ccc(F)c(F)c1. The van der Waals surface area contributed by atoms with Gasteiger partial charge in [-0.15, -0.1) is 0 Å².